The van der Waals surface area contributed by atoms with E-state index in [-0.39, 0.29) is 18.1 Å². The van der Waals surface area contributed by atoms with Crippen LogP contribution in [0.2, 0.25) is 0 Å². The van der Waals surface area contributed by atoms with Crippen LogP contribution >= 0.6 is 0 Å². The summed E-state index contributed by atoms with van der Waals surface area (Å²) in [4.78, 5) is 17.6. The van der Waals surface area contributed by atoms with E-state index >= 15 is 0 Å². The van der Waals surface area contributed by atoms with Gasteiger partial charge in [0, 0.05) is 44.7 Å². The molecule has 0 spiro atoms. The lowest BCUT2D eigenvalue weighted by molar-refractivity contribution is -0.136. The second-order valence-electron chi connectivity index (χ2n) is 7.59. The topological polar surface area (TPSA) is 53.0 Å². The Kier molecular flexibility index (Phi) is 5.94. The lowest BCUT2D eigenvalue weighted by Gasteiger charge is -2.44. The molecule has 1 saturated carbocycles. The van der Waals surface area contributed by atoms with Crippen molar-refractivity contribution in [2.75, 3.05) is 46.0 Å². The monoisotopic (exact) mass is 324 g/mol. The first kappa shape index (κ1) is 17.2. The highest BCUT2D eigenvalue weighted by atomic mass is 16.5. The molecule has 3 rings (SSSR count). The van der Waals surface area contributed by atoms with E-state index in [0.717, 1.165) is 71.5 Å². The number of likely N-dealkylation sites (tertiary alicyclic amines) is 1. The fourth-order valence-electron chi connectivity index (χ4n) is 4.67. The molecule has 1 atom stereocenters. The van der Waals surface area contributed by atoms with Crippen LogP contribution in [0.5, 0.6) is 0 Å². The highest BCUT2D eigenvalue weighted by Gasteiger charge is 2.42. The second kappa shape index (κ2) is 7.95. The predicted molar refractivity (Wildman–Crippen MR) is 89.2 cm³/mol. The Balaban J connectivity index is 1.65. The van der Waals surface area contributed by atoms with Gasteiger partial charge in [0.1, 0.15) is 0 Å². The molecule has 0 aromatic rings. The van der Waals surface area contributed by atoms with Crippen LogP contribution in [0.3, 0.4) is 0 Å². The van der Waals surface area contributed by atoms with Crippen molar-refractivity contribution in [3.63, 3.8) is 0 Å². The molecule has 132 valence electrons. The van der Waals surface area contributed by atoms with Gasteiger partial charge in [0.2, 0.25) is 5.91 Å². The Labute approximate surface area is 140 Å². The van der Waals surface area contributed by atoms with Crippen molar-refractivity contribution in [3.05, 3.63) is 0 Å². The maximum absolute atomic E-state index is 13.0. The smallest absolute Gasteiger partial charge is 0.224 e. The van der Waals surface area contributed by atoms with Gasteiger partial charge in [-0.3, -0.25) is 9.69 Å². The molecule has 0 aromatic heterocycles. The number of ether oxygens (including phenoxy) is 1. The third-order valence-electron chi connectivity index (χ3n) is 6.08. The summed E-state index contributed by atoms with van der Waals surface area (Å²) in [6, 6.07) is 0. The van der Waals surface area contributed by atoms with Crippen molar-refractivity contribution in [3.8, 4) is 0 Å². The van der Waals surface area contributed by atoms with Crippen molar-refractivity contribution < 1.29 is 14.6 Å². The summed E-state index contributed by atoms with van der Waals surface area (Å²) in [5, 5.41) is 9.49. The highest BCUT2D eigenvalue weighted by molar-refractivity contribution is 5.77. The number of nitrogens with zero attached hydrogens (tertiary/aromatic N) is 2. The fourth-order valence-corrected chi connectivity index (χ4v) is 4.67. The molecule has 3 fully saturated rings. The molecule has 3 aliphatic rings. The summed E-state index contributed by atoms with van der Waals surface area (Å²) in [7, 11) is 0. The molecular formula is C18H32N2O3. The van der Waals surface area contributed by atoms with E-state index in [1.165, 1.54) is 12.8 Å². The van der Waals surface area contributed by atoms with Crippen LogP contribution in [0.4, 0.5) is 0 Å². The van der Waals surface area contributed by atoms with E-state index in [9.17, 15) is 9.90 Å². The number of rotatable bonds is 4. The minimum absolute atomic E-state index is 0.0713. The molecule has 2 heterocycles. The first-order valence-electron chi connectivity index (χ1n) is 9.45. The maximum atomic E-state index is 13.0. The fraction of sp³-hybridized carbons (Fsp3) is 0.944. The Morgan fingerprint density at radius 1 is 1.09 bits per heavy atom. The van der Waals surface area contributed by atoms with E-state index in [2.05, 4.69) is 4.90 Å². The van der Waals surface area contributed by atoms with Crippen LogP contribution in [-0.2, 0) is 9.53 Å². The molecule has 0 bridgehead atoms. The van der Waals surface area contributed by atoms with Crippen LogP contribution in [-0.4, -0.2) is 72.4 Å². The number of hydrogen-bond donors (Lipinski definition) is 1. The lowest BCUT2D eigenvalue weighted by atomic mass is 9.89. The van der Waals surface area contributed by atoms with Crippen LogP contribution in [0.1, 0.15) is 51.4 Å². The minimum Gasteiger partial charge on any atom is -0.396 e. The number of aliphatic hydroxyl groups is 1. The molecule has 1 unspecified atom stereocenters. The molecule has 0 aromatic carbocycles. The summed E-state index contributed by atoms with van der Waals surface area (Å²) in [6.07, 6.45) is 8.69. The molecule has 0 radical (unpaired) electrons. The average molecular weight is 324 g/mol. The van der Waals surface area contributed by atoms with E-state index < -0.39 is 0 Å². The molecular weight excluding hydrogens is 292 g/mol. The maximum Gasteiger partial charge on any atom is 0.224 e. The summed E-state index contributed by atoms with van der Waals surface area (Å²) in [6.45, 7) is 5.35. The van der Waals surface area contributed by atoms with Gasteiger partial charge in [-0.25, -0.2) is 0 Å². The summed E-state index contributed by atoms with van der Waals surface area (Å²) in [5.74, 6) is 0.572. The zero-order chi connectivity index (χ0) is 16.1. The van der Waals surface area contributed by atoms with E-state index in [1.807, 2.05) is 4.90 Å². The number of morpholine rings is 1. The van der Waals surface area contributed by atoms with E-state index in [0.29, 0.717) is 12.3 Å². The van der Waals surface area contributed by atoms with Crippen LogP contribution in [0.25, 0.3) is 0 Å². The van der Waals surface area contributed by atoms with E-state index in [1.54, 1.807) is 0 Å². The van der Waals surface area contributed by atoms with Gasteiger partial charge in [-0.2, -0.15) is 0 Å². The minimum atomic E-state index is 0.0713. The van der Waals surface area contributed by atoms with Crippen molar-refractivity contribution >= 4 is 5.91 Å². The van der Waals surface area contributed by atoms with Crippen molar-refractivity contribution in [2.45, 2.75) is 56.9 Å². The van der Waals surface area contributed by atoms with Gasteiger partial charge in [-0.15, -0.1) is 0 Å². The molecule has 5 heteroatoms. The van der Waals surface area contributed by atoms with Gasteiger partial charge < -0.3 is 14.7 Å². The van der Waals surface area contributed by atoms with Gasteiger partial charge in [-0.05, 0) is 31.6 Å². The molecule has 1 amide bonds. The van der Waals surface area contributed by atoms with Crippen molar-refractivity contribution in [1.29, 1.82) is 0 Å². The van der Waals surface area contributed by atoms with Gasteiger partial charge in [-0.1, -0.05) is 19.3 Å². The first-order chi connectivity index (χ1) is 11.2. The quantitative estimate of drug-likeness (QED) is 0.854. The van der Waals surface area contributed by atoms with Crippen LogP contribution in [0, 0.1) is 5.92 Å². The SMILES string of the molecule is O=C(CC1(N2CCOCC2)CCCC1)N1CCCCC(CO)C1. The number of carbonyl (C=O) groups is 1. The summed E-state index contributed by atoms with van der Waals surface area (Å²) < 4.78 is 5.51. The third kappa shape index (κ3) is 4.06. The Bertz CT molecular complexity index is 390. The second-order valence-corrected chi connectivity index (χ2v) is 7.59. The van der Waals surface area contributed by atoms with Crippen LogP contribution in [0.15, 0.2) is 0 Å². The van der Waals surface area contributed by atoms with E-state index in [4.69, 9.17) is 4.74 Å². The van der Waals surface area contributed by atoms with Crippen LogP contribution < -0.4 is 0 Å². The number of aliphatic hydroxyl groups excluding tert-OH is 1. The molecule has 1 N–H and O–H groups in total. The molecule has 1 aliphatic carbocycles. The van der Waals surface area contributed by atoms with Gasteiger partial charge in [0.05, 0.1) is 13.2 Å². The van der Waals surface area contributed by atoms with Crippen molar-refractivity contribution in [2.24, 2.45) is 5.92 Å². The zero-order valence-corrected chi connectivity index (χ0v) is 14.3. The molecule has 2 aliphatic heterocycles. The molecule has 2 saturated heterocycles. The third-order valence-corrected chi connectivity index (χ3v) is 6.08. The largest absolute Gasteiger partial charge is 0.396 e. The Hall–Kier alpha value is -0.650. The summed E-state index contributed by atoms with van der Waals surface area (Å²) >= 11 is 0. The molecule has 5 nitrogen and oxygen atoms in total. The van der Waals surface area contributed by atoms with Gasteiger partial charge in [0.25, 0.3) is 0 Å². The zero-order valence-electron chi connectivity index (χ0n) is 14.3. The average Bonchev–Trinajstić information content (AvgIpc) is 2.93. The standard InChI is InChI=1S/C18H32N2O3/c21-15-16-5-1-4-8-19(14-16)17(22)13-18(6-2-3-7-18)20-9-11-23-12-10-20/h16,21H,1-15H2. The van der Waals surface area contributed by atoms with Gasteiger partial charge >= 0.3 is 0 Å². The lowest BCUT2D eigenvalue weighted by Crippen LogP contribution is -2.54. The molecule has 23 heavy (non-hydrogen) atoms. The van der Waals surface area contributed by atoms with Crippen molar-refractivity contribution in [1.82, 2.24) is 9.80 Å². The summed E-state index contributed by atoms with van der Waals surface area (Å²) in [5.41, 5.74) is 0.0713. The number of amides is 1. The number of hydrogen-bond acceptors (Lipinski definition) is 4. The Morgan fingerprint density at radius 2 is 1.83 bits per heavy atom. The number of carbonyl (C=O) groups excluding carboxylic acids is 1. The predicted octanol–water partition coefficient (Wildman–Crippen LogP) is 1.64. The first-order valence-corrected chi connectivity index (χ1v) is 9.45. The van der Waals surface area contributed by atoms with Gasteiger partial charge in [0.15, 0.2) is 0 Å². The normalized spacial score (nSPS) is 29.4. The Morgan fingerprint density at radius 3 is 2.52 bits per heavy atom. The highest BCUT2D eigenvalue weighted by Crippen LogP contribution is 2.39.